The van der Waals surface area contributed by atoms with Gasteiger partial charge in [-0.05, 0) is 32.1 Å². The number of carboxylic acid groups (broad SMARTS) is 1. The van der Waals surface area contributed by atoms with Gasteiger partial charge in [-0.25, -0.2) is 4.57 Å². The van der Waals surface area contributed by atoms with E-state index in [0.29, 0.717) is 12.8 Å². The van der Waals surface area contributed by atoms with Crippen LogP contribution >= 0.6 is 7.82 Å². The minimum Gasteiger partial charge on any atom is -0.480 e. The number of aliphatic carboxylic acids is 1. The predicted octanol–water partition coefficient (Wildman–Crippen LogP) is 10.5. The van der Waals surface area contributed by atoms with Gasteiger partial charge in [0, 0.05) is 12.8 Å². The number of carboxylic acids is 1. The first-order chi connectivity index (χ1) is 25.1. The normalized spacial score (nSPS) is 13.9. The van der Waals surface area contributed by atoms with Crippen LogP contribution in [0.2, 0.25) is 0 Å². The molecule has 0 spiro atoms. The largest absolute Gasteiger partial charge is 0.480 e. The van der Waals surface area contributed by atoms with Crippen molar-refractivity contribution in [3.63, 3.8) is 0 Å². The molecule has 0 rings (SSSR count). The van der Waals surface area contributed by atoms with E-state index in [1.54, 1.807) is 0 Å². The maximum Gasteiger partial charge on any atom is 0.472 e. The number of phosphoric ester groups is 1. The first-order valence-electron chi connectivity index (χ1n) is 20.7. The lowest BCUT2D eigenvalue weighted by Crippen LogP contribution is -2.34. The average Bonchev–Trinajstić information content (AvgIpc) is 3.12. The molecule has 11 nitrogen and oxygen atoms in total. The maximum absolute atomic E-state index is 12.6. The molecule has 0 bridgehead atoms. The van der Waals surface area contributed by atoms with Gasteiger partial charge in [0.25, 0.3) is 0 Å². The first-order valence-corrected chi connectivity index (χ1v) is 22.2. The number of hydrogen-bond donors (Lipinski definition) is 3. The number of rotatable bonds is 39. The summed E-state index contributed by atoms with van der Waals surface area (Å²) in [5, 5.41) is 8.87. The van der Waals surface area contributed by atoms with Crippen LogP contribution in [0, 0.1) is 0 Å². The summed E-state index contributed by atoms with van der Waals surface area (Å²) >= 11 is 0. The number of hydrogen-bond acceptors (Lipinski definition) is 9. The fraction of sp³-hybridized carbons (Fsp3) is 0.875. The number of ether oxygens (including phenoxy) is 2. The van der Waals surface area contributed by atoms with Gasteiger partial charge in [-0.1, -0.05) is 161 Å². The van der Waals surface area contributed by atoms with Crippen molar-refractivity contribution in [1.29, 1.82) is 0 Å². The van der Waals surface area contributed by atoms with Gasteiger partial charge in [-0.2, -0.15) is 0 Å². The SMILES string of the molecule is CCCC/C=C/CCCCCCCC(=O)OC[C@@H](COP(=O)(O)OC[C@H](N)C(=O)O)OC(=O)CCCCCCCCCCCCCCCCCCC. The molecule has 0 heterocycles. The van der Waals surface area contributed by atoms with Crippen molar-refractivity contribution < 1.29 is 47.5 Å². The van der Waals surface area contributed by atoms with Crippen LogP contribution < -0.4 is 5.73 Å². The third-order valence-corrected chi connectivity index (χ3v) is 9.96. The summed E-state index contributed by atoms with van der Waals surface area (Å²) in [6.07, 6.45) is 34.2. The quantitative estimate of drug-likeness (QED) is 0.0235. The van der Waals surface area contributed by atoms with E-state index >= 15 is 0 Å². The molecule has 0 aromatic carbocycles. The summed E-state index contributed by atoms with van der Waals surface area (Å²) in [5.41, 5.74) is 5.32. The summed E-state index contributed by atoms with van der Waals surface area (Å²) in [7, 11) is -4.71. The number of nitrogens with two attached hydrogens (primary N) is 1. The fourth-order valence-corrected chi connectivity index (χ4v) is 6.47. The van der Waals surface area contributed by atoms with Crippen molar-refractivity contribution in [1.82, 2.24) is 0 Å². The van der Waals surface area contributed by atoms with Crippen molar-refractivity contribution in [2.75, 3.05) is 19.8 Å². The number of esters is 2. The van der Waals surface area contributed by atoms with Gasteiger partial charge in [-0.15, -0.1) is 0 Å². The minimum atomic E-state index is -4.71. The second-order valence-corrected chi connectivity index (χ2v) is 15.6. The predicted molar refractivity (Wildman–Crippen MR) is 208 cm³/mol. The Hall–Kier alpha value is -1.78. The number of phosphoric acid groups is 1. The van der Waals surface area contributed by atoms with E-state index in [4.69, 9.17) is 24.8 Å². The van der Waals surface area contributed by atoms with Crippen LogP contribution in [0.5, 0.6) is 0 Å². The Morgan fingerprint density at radius 2 is 0.981 bits per heavy atom. The molecule has 0 aromatic rings. The topological polar surface area (TPSA) is 172 Å². The standard InChI is InChI=1S/C40H76NO10P/c1-3-5-7-9-11-13-15-16-17-18-19-20-22-24-26-28-30-32-39(43)51-36(34-49-52(46,47)50-35-37(41)40(44)45)33-48-38(42)31-29-27-25-23-21-14-12-10-8-6-4-2/h10,12,36-37H,3-9,11,13-35,41H2,1-2H3,(H,44,45)(H,46,47)/b12-10+/t36-,37-/m0/s1. The Kier molecular flexibility index (Phi) is 35.0. The molecular weight excluding hydrogens is 685 g/mol. The Morgan fingerprint density at radius 1 is 0.577 bits per heavy atom. The number of unbranched alkanes of at least 4 members (excludes halogenated alkanes) is 23. The Balaban J connectivity index is 4.34. The van der Waals surface area contributed by atoms with Crippen LogP contribution in [0.1, 0.15) is 194 Å². The molecule has 0 aromatic heterocycles. The Morgan fingerprint density at radius 3 is 1.46 bits per heavy atom. The molecule has 0 saturated heterocycles. The van der Waals surface area contributed by atoms with Gasteiger partial charge < -0.3 is 25.2 Å². The number of carbonyl (C=O) groups is 3. The third-order valence-electron chi connectivity index (χ3n) is 9.01. The maximum atomic E-state index is 12.6. The highest BCUT2D eigenvalue weighted by molar-refractivity contribution is 7.47. The molecular formula is C40H76NO10P. The molecule has 0 amide bonds. The zero-order valence-corrected chi connectivity index (χ0v) is 33.8. The van der Waals surface area contributed by atoms with Crippen LogP contribution in [-0.2, 0) is 37.5 Å². The zero-order valence-electron chi connectivity index (χ0n) is 32.9. The lowest BCUT2D eigenvalue weighted by atomic mass is 10.0. The molecule has 306 valence electrons. The van der Waals surface area contributed by atoms with Crippen LogP contribution in [0.3, 0.4) is 0 Å². The molecule has 0 aliphatic heterocycles. The Bertz CT molecular complexity index is 947. The van der Waals surface area contributed by atoms with E-state index < -0.39 is 51.1 Å². The van der Waals surface area contributed by atoms with Crippen LogP contribution in [0.25, 0.3) is 0 Å². The summed E-state index contributed by atoms with van der Waals surface area (Å²) in [4.78, 5) is 45.8. The van der Waals surface area contributed by atoms with E-state index in [0.717, 1.165) is 57.8 Å². The highest BCUT2D eigenvalue weighted by Crippen LogP contribution is 2.43. The highest BCUT2D eigenvalue weighted by atomic mass is 31.2. The van der Waals surface area contributed by atoms with Gasteiger partial charge >= 0.3 is 25.7 Å². The van der Waals surface area contributed by atoms with Gasteiger partial charge in [0.15, 0.2) is 6.10 Å². The summed E-state index contributed by atoms with van der Waals surface area (Å²) in [6, 6.07) is -1.52. The van der Waals surface area contributed by atoms with Crippen molar-refractivity contribution in [3.05, 3.63) is 12.2 Å². The molecule has 3 atom stereocenters. The minimum absolute atomic E-state index is 0.165. The fourth-order valence-electron chi connectivity index (χ4n) is 5.69. The van der Waals surface area contributed by atoms with Gasteiger partial charge in [0.2, 0.25) is 0 Å². The lowest BCUT2D eigenvalue weighted by molar-refractivity contribution is -0.161. The Labute approximate surface area is 316 Å². The third kappa shape index (κ3) is 35.3. The molecule has 12 heteroatoms. The van der Waals surface area contributed by atoms with E-state index in [2.05, 4.69) is 30.5 Å². The van der Waals surface area contributed by atoms with E-state index in [9.17, 15) is 23.8 Å². The van der Waals surface area contributed by atoms with E-state index in [1.807, 2.05) is 0 Å². The molecule has 4 N–H and O–H groups in total. The molecule has 0 fully saturated rings. The molecule has 1 unspecified atom stereocenters. The smallest absolute Gasteiger partial charge is 0.472 e. The van der Waals surface area contributed by atoms with Crippen molar-refractivity contribution in [3.8, 4) is 0 Å². The molecule has 0 saturated carbocycles. The number of allylic oxidation sites excluding steroid dienone is 2. The van der Waals surface area contributed by atoms with Crippen LogP contribution in [0.4, 0.5) is 0 Å². The summed E-state index contributed by atoms with van der Waals surface area (Å²) in [6.45, 7) is 2.76. The number of carbonyl (C=O) groups excluding carboxylic acids is 2. The van der Waals surface area contributed by atoms with Crippen LogP contribution in [-0.4, -0.2) is 59.9 Å². The van der Waals surface area contributed by atoms with Gasteiger partial charge in [0.05, 0.1) is 13.2 Å². The first kappa shape index (κ1) is 50.2. The zero-order chi connectivity index (χ0) is 38.5. The van der Waals surface area contributed by atoms with Crippen LogP contribution in [0.15, 0.2) is 12.2 Å². The van der Waals surface area contributed by atoms with Crippen molar-refractivity contribution in [2.45, 2.75) is 206 Å². The summed E-state index contributed by atoms with van der Waals surface area (Å²) in [5.74, 6) is -2.38. The van der Waals surface area contributed by atoms with E-state index in [1.165, 1.54) is 96.3 Å². The second-order valence-electron chi connectivity index (χ2n) is 14.1. The monoisotopic (exact) mass is 762 g/mol. The highest BCUT2D eigenvalue weighted by Gasteiger charge is 2.28. The lowest BCUT2D eigenvalue weighted by Gasteiger charge is -2.20. The van der Waals surface area contributed by atoms with Crippen molar-refractivity contribution in [2.24, 2.45) is 5.73 Å². The van der Waals surface area contributed by atoms with Crippen molar-refractivity contribution >= 4 is 25.7 Å². The van der Waals surface area contributed by atoms with Gasteiger partial charge in [-0.3, -0.25) is 23.4 Å². The second kappa shape index (κ2) is 36.2. The summed E-state index contributed by atoms with van der Waals surface area (Å²) < 4.78 is 32.6. The molecule has 52 heavy (non-hydrogen) atoms. The molecule has 0 aliphatic rings. The van der Waals surface area contributed by atoms with E-state index in [-0.39, 0.29) is 19.4 Å². The van der Waals surface area contributed by atoms with Gasteiger partial charge in [0.1, 0.15) is 12.6 Å². The molecule has 0 radical (unpaired) electrons. The molecule has 0 aliphatic carbocycles. The average molecular weight is 762 g/mol.